The molecule has 1 amide bonds. The standard InChI is InChI=1S/C32H30F5N3O5/c33-22-9-1-16(11-23(22)34)27-28-21(31(38,15-43-28)32(35,36)37)13-26(40-27)30(42,18-3-4-18)14-39-29(41)17-2-10-24(44-19-5-6-19)25(12-17)45-20-7-8-20/h1-2,9-13,18-20,42H,3-8,14-15,38H2,(H,39,41)/t30-,31+/m1/s1. The molecular weight excluding hydrogens is 601 g/mol. The van der Waals surface area contributed by atoms with Gasteiger partial charge >= 0.3 is 6.18 Å². The van der Waals surface area contributed by atoms with E-state index in [1.54, 1.807) is 18.2 Å². The number of aromatic nitrogens is 1. The molecular formula is C32H30F5N3O5. The van der Waals surface area contributed by atoms with Crippen molar-refractivity contribution in [2.24, 2.45) is 11.7 Å². The largest absolute Gasteiger partial charge is 0.488 e. The molecule has 8 nitrogen and oxygen atoms in total. The summed E-state index contributed by atoms with van der Waals surface area (Å²) in [5, 5.41) is 14.7. The van der Waals surface area contributed by atoms with Crippen molar-refractivity contribution in [2.75, 3.05) is 13.2 Å². The highest BCUT2D eigenvalue weighted by Crippen LogP contribution is 2.52. The summed E-state index contributed by atoms with van der Waals surface area (Å²) >= 11 is 0. The van der Waals surface area contributed by atoms with E-state index in [9.17, 15) is 31.9 Å². The Hall–Kier alpha value is -3.97. The smallest absolute Gasteiger partial charge is 0.414 e. The van der Waals surface area contributed by atoms with Gasteiger partial charge in [0.1, 0.15) is 17.9 Å². The Morgan fingerprint density at radius 3 is 2.29 bits per heavy atom. The molecule has 2 atom stereocenters. The van der Waals surface area contributed by atoms with Gasteiger partial charge in [-0.2, -0.15) is 13.2 Å². The number of nitrogens with zero attached hydrogens (tertiary/aromatic N) is 1. The quantitative estimate of drug-likeness (QED) is 0.262. The number of aliphatic hydroxyl groups is 1. The summed E-state index contributed by atoms with van der Waals surface area (Å²) in [4.78, 5) is 17.8. The summed E-state index contributed by atoms with van der Waals surface area (Å²) in [6.07, 6.45) is -0.0670. The number of nitrogens with two attached hydrogens (primary N) is 1. The highest BCUT2D eigenvalue weighted by Gasteiger charge is 2.59. The fourth-order valence-corrected chi connectivity index (χ4v) is 5.46. The molecule has 3 aliphatic carbocycles. The SMILES string of the molecule is N[C@@]1(C(F)(F)F)COc2c1cc([C@@](O)(CNC(=O)c1ccc(OC3CC3)c(OC3CC3)c1)C1CC1)nc2-c1ccc(F)c(F)c1. The van der Waals surface area contributed by atoms with Crippen LogP contribution in [0, 0.1) is 17.6 Å². The first-order valence-electron chi connectivity index (χ1n) is 14.8. The van der Waals surface area contributed by atoms with Crippen molar-refractivity contribution in [1.29, 1.82) is 0 Å². The molecule has 0 unspecified atom stereocenters. The first kappa shape index (κ1) is 29.7. The third-order valence-corrected chi connectivity index (χ3v) is 8.65. The topological polar surface area (TPSA) is 116 Å². The maximum absolute atomic E-state index is 14.3. The van der Waals surface area contributed by atoms with E-state index in [-0.39, 0.29) is 40.5 Å². The van der Waals surface area contributed by atoms with Gasteiger partial charge in [-0.3, -0.25) is 4.79 Å². The summed E-state index contributed by atoms with van der Waals surface area (Å²) in [6.45, 7) is -1.37. The maximum atomic E-state index is 14.3. The molecule has 3 fully saturated rings. The monoisotopic (exact) mass is 631 g/mol. The Kier molecular flexibility index (Phi) is 6.97. The van der Waals surface area contributed by atoms with Crippen LogP contribution in [-0.4, -0.2) is 47.5 Å². The summed E-state index contributed by atoms with van der Waals surface area (Å²) < 4.78 is 88.0. The summed E-state index contributed by atoms with van der Waals surface area (Å²) in [5.41, 5.74) is 0.205. The number of hydrogen-bond acceptors (Lipinski definition) is 7. The van der Waals surface area contributed by atoms with Gasteiger partial charge in [0.2, 0.25) is 0 Å². The van der Waals surface area contributed by atoms with E-state index in [1.807, 2.05) is 0 Å². The first-order chi connectivity index (χ1) is 21.4. The first-order valence-corrected chi connectivity index (χ1v) is 14.8. The Bertz CT molecular complexity index is 1670. The Morgan fingerprint density at radius 2 is 1.67 bits per heavy atom. The lowest BCUT2D eigenvalue weighted by atomic mass is 9.86. The third-order valence-electron chi connectivity index (χ3n) is 8.65. The molecule has 0 bridgehead atoms. The number of carbonyl (C=O) groups is 1. The summed E-state index contributed by atoms with van der Waals surface area (Å²) in [7, 11) is 0. The molecule has 2 aromatic carbocycles. The lowest BCUT2D eigenvalue weighted by Crippen LogP contribution is -2.52. The highest BCUT2D eigenvalue weighted by atomic mass is 19.4. The Labute approximate surface area is 254 Å². The molecule has 3 aromatic rings. The minimum absolute atomic E-state index is 0.0508. The molecule has 4 aliphatic rings. The molecule has 2 heterocycles. The van der Waals surface area contributed by atoms with Gasteiger partial charge in [-0.05, 0) is 86.9 Å². The van der Waals surface area contributed by atoms with Crippen molar-refractivity contribution in [3.8, 4) is 28.5 Å². The van der Waals surface area contributed by atoms with E-state index >= 15 is 0 Å². The minimum Gasteiger partial charge on any atom is -0.488 e. The zero-order chi connectivity index (χ0) is 31.7. The number of halogens is 5. The average molecular weight is 632 g/mol. The van der Waals surface area contributed by atoms with Crippen molar-refractivity contribution in [1.82, 2.24) is 10.3 Å². The Balaban J connectivity index is 1.23. The Morgan fingerprint density at radius 1 is 0.978 bits per heavy atom. The molecule has 0 spiro atoms. The number of alkyl halides is 3. The molecule has 45 heavy (non-hydrogen) atoms. The van der Waals surface area contributed by atoms with Crippen LogP contribution in [0.3, 0.4) is 0 Å². The fourth-order valence-electron chi connectivity index (χ4n) is 5.46. The van der Waals surface area contributed by atoms with Crippen LogP contribution in [0.5, 0.6) is 17.2 Å². The van der Waals surface area contributed by atoms with Crippen molar-refractivity contribution >= 4 is 5.91 Å². The molecule has 0 saturated heterocycles. The molecule has 13 heteroatoms. The van der Waals surface area contributed by atoms with Gasteiger partial charge < -0.3 is 30.4 Å². The van der Waals surface area contributed by atoms with Crippen LogP contribution < -0.4 is 25.3 Å². The van der Waals surface area contributed by atoms with Gasteiger partial charge in [-0.1, -0.05) is 0 Å². The van der Waals surface area contributed by atoms with Gasteiger partial charge in [-0.15, -0.1) is 0 Å². The second-order valence-electron chi connectivity index (χ2n) is 12.3. The molecule has 3 saturated carbocycles. The van der Waals surface area contributed by atoms with E-state index in [0.29, 0.717) is 24.3 Å². The molecule has 0 radical (unpaired) electrons. The normalized spacial score (nSPS) is 22.3. The van der Waals surface area contributed by atoms with E-state index < -0.39 is 59.5 Å². The lowest BCUT2D eigenvalue weighted by molar-refractivity contribution is -0.191. The zero-order valence-corrected chi connectivity index (χ0v) is 23.9. The molecule has 1 aliphatic heterocycles. The van der Waals surface area contributed by atoms with Gasteiger partial charge in [-0.25, -0.2) is 13.8 Å². The van der Waals surface area contributed by atoms with Crippen LogP contribution in [0.4, 0.5) is 22.0 Å². The number of nitrogens with one attached hydrogen (secondary N) is 1. The number of carbonyl (C=O) groups excluding carboxylic acids is 1. The molecule has 4 N–H and O–H groups in total. The van der Waals surface area contributed by atoms with Gasteiger partial charge in [0.25, 0.3) is 5.91 Å². The van der Waals surface area contributed by atoms with Crippen LogP contribution >= 0.6 is 0 Å². The second-order valence-corrected chi connectivity index (χ2v) is 12.3. The van der Waals surface area contributed by atoms with Gasteiger partial charge in [0.15, 0.2) is 34.4 Å². The molecule has 1 aromatic heterocycles. The number of benzene rings is 2. The van der Waals surface area contributed by atoms with Crippen molar-refractivity contribution in [3.63, 3.8) is 0 Å². The number of amides is 1. The zero-order valence-electron chi connectivity index (χ0n) is 23.9. The lowest BCUT2D eigenvalue weighted by Gasteiger charge is -2.31. The van der Waals surface area contributed by atoms with E-state index in [1.165, 1.54) is 0 Å². The molecule has 7 rings (SSSR count). The van der Waals surface area contributed by atoms with E-state index in [0.717, 1.165) is 49.9 Å². The van der Waals surface area contributed by atoms with Gasteiger partial charge in [0, 0.05) is 16.7 Å². The van der Waals surface area contributed by atoms with Crippen LogP contribution in [-0.2, 0) is 11.1 Å². The maximum Gasteiger partial charge on any atom is 0.414 e. The number of rotatable bonds is 10. The number of ether oxygens (including phenoxy) is 3. The highest BCUT2D eigenvalue weighted by molar-refractivity contribution is 5.95. The molecule has 238 valence electrons. The van der Waals surface area contributed by atoms with Gasteiger partial charge in [0.05, 0.1) is 24.4 Å². The predicted octanol–water partition coefficient (Wildman–Crippen LogP) is 5.25. The van der Waals surface area contributed by atoms with Crippen LogP contribution in [0.1, 0.15) is 60.1 Å². The minimum atomic E-state index is -4.95. The number of pyridine rings is 1. The van der Waals surface area contributed by atoms with Crippen molar-refractivity contribution in [2.45, 2.75) is 68.0 Å². The third kappa shape index (κ3) is 5.56. The number of fused-ring (bicyclic) bond motifs is 1. The van der Waals surface area contributed by atoms with Crippen molar-refractivity contribution in [3.05, 3.63) is 70.9 Å². The predicted molar refractivity (Wildman–Crippen MR) is 150 cm³/mol. The second kappa shape index (κ2) is 10.5. The summed E-state index contributed by atoms with van der Waals surface area (Å²) in [6, 6.07) is 8.58. The summed E-state index contributed by atoms with van der Waals surface area (Å²) in [5.74, 6) is -2.78. The fraction of sp³-hybridized carbons (Fsp3) is 0.438. The average Bonchev–Trinajstić information content (AvgIpc) is 3.85. The van der Waals surface area contributed by atoms with Crippen LogP contribution in [0.25, 0.3) is 11.3 Å². The van der Waals surface area contributed by atoms with Crippen LogP contribution in [0.15, 0.2) is 42.5 Å². The van der Waals surface area contributed by atoms with E-state index in [2.05, 4.69) is 10.3 Å². The van der Waals surface area contributed by atoms with Crippen LogP contribution in [0.2, 0.25) is 0 Å². The van der Waals surface area contributed by atoms with Crippen molar-refractivity contribution < 1.29 is 46.1 Å². The van der Waals surface area contributed by atoms with E-state index in [4.69, 9.17) is 19.9 Å². The number of hydrogen-bond donors (Lipinski definition) is 3.